The van der Waals surface area contributed by atoms with Crippen LogP contribution in [0.1, 0.15) is 38.1 Å². The molecule has 20 heavy (non-hydrogen) atoms. The van der Waals surface area contributed by atoms with E-state index in [-0.39, 0.29) is 0 Å². The molecule has 0 amide bonds. The third-order valence-corrected chi connectivity index (χ3v) is 2.91. The maximum atomic E-state index is 4.58. The molecule has 0 fully saturated rings. The van der Waals surface area contributed by atoms with E-state index >= 15 is 0 Å². The summed E-state index contributed by atoms with van der Waals surface area (Å²) in [6.45, 7) is 9.18. The Bertz CT molecular complexity index is 578. The second-order valence-corrected chi connectivity index (χ2v) is 5.18. The van der Waals surface area contributed by atoms with Crippen LogP contribution in [0.15, 0.2) is 30.3 Å². The highest BCUT2D eigenvalue weighted by Gasteiger charge is 2.08. The lowest BCUT2D eigenvalue weighted by atomic mass is 10.2. The minimum Gasteiger partial charge on any atom is -0.370 e. The molecule has 0 saturated carbocycles. The van der Waals surface area contributed by atoms with Crippen molar-refractivity contribution in [1.29, 1.82) is 0 Å². The number of nitrogens with one attached hydrogen (secondary N) is 2. The average Bonchev–Trinajstić information content (AvgIpc) is 2.38. The quantitative estimate of drug-likeness (QED) is 0.859. The van der Waals surface area contributed by atoms with Crippen LogP contribution < -0.4 is 10.6 Å². The summed E-state index contributed by atoms with van der Waals surface area (Å²) in [6, 6.07) is 10.2. The maximum Gasteiger partial charge on any atom is 0.136 e. The molecule has 2 N–H and O–H groups in total. The van der Waals surface area contributed by atoms with Crippen LogP contribution in [-0.2, 0) is 0 Å². The predicted octanol–water partition coefficient (Wildman–Crippen LogP) is 4.08. The van der Waals surface area contributed by atoms with Gasteiger partial charge in [0.15, 0.2) is 0 Å². The molecule has 0 saturated heterocycles. The number of rotatable bonds is 5. The van der Waals surface area contributed by atoms with Crippen molar-refractivity contribution >= 4 is 17.3 Å². The molecule has 0 unspecified atom stereocenters. The smallest absolute Gasteiger partial charge is 0.136 e. The van der Waals surface area contributed by atoms with E-state index in [9.17, 15) is 0 Å². The van der Waals surface area contributed by atoms with Crippen molar-refractivity contribution in [2.24, 2.45) is 0 Å². The number of nitrogens with zero attached hydrogens (tertiary/aromatic N) is 2. The van der Waals surface area contributed by atoms with Gasteiger partial charge in [0.25, 0.3) is 0 Å². The zero-order valence-electron chi connectivity index (χ0n) is 12.6. The first-order chi connectivity index (χ1) is 9.58. The van der Waals surface area contributed by atoms with Crippen molar-refractivity contribution in [2.75, 3.05) is 17.2 Å². The predicted molar refractivity (Wildman–Crippen MR) is 84.7 cm³/mol. The first-order valence-electron chi connectivity index (χ1n) is 7.05. The van der Waals surface area contributed by atoms with Gasteiger partial charge in [-0.3, -0.25) is 0 Å². The highest BCUT2D eigenvalue weighted by atomic mass is 15.1. The van der Waals surface area contributed by atoms with Crippen LogP contribution in [0.25, 0.3) is 0 Å². The molecule has 0 aliphatic heterocycles. The van der Waals surface area contributed by atoms with Crippen LogP contribution in [0, 0.1) is 6.92 Å². The molecule has 0 atom stereocenters. The van der Waals surface area contributed by atoms with Gasteiger partial charge in [-0.25, -0.2) is 9.97 Å². The zero-order valence-corrected chi connectivity index (χ0v) is 12.6. The normalized spacial score (nSPS) is 10.7. The highest BCUT2D eigenvalue weighted by Crippen LogP contribution is 2.21. The lowest BCUT2D eigenvalue weighted by Crippen LogP contribution is -2.07. The summed E-state index contributed by atoms with van der Waals surface area (Å²) in [4.78, 5) is 9.10. The van der Waals surface area contributed by atoms with Gasteiger partial charge in [0.05, 0.1) is 0 Å². The second kappa shape index (κ2) is 6.37. The van der Waals surface area contributed by atoms with E-state index in [0.29, 0.717) is 5.92 Å². The molecule has 0 aliphatic carbocycles. The summed E-state index contributed by atoms with van der Waals surface area (Å²) in [6.07, 6.45) is 0. The Kier molecular flexibility index (Phi) is 4.56. The van der Waals surface area contributed by atoms with Gasteiger partial charge in [-0.1, -0.05) is 26.0 Å². The van der Waals surface area contributed by atoms with Crippen molar-refractivity contribution in [2.45, 2.75) is 33.6 Å². The first-order valence-corrected chi connectivity index (χ1v) is 7.05. The van der Waals surface area contributed by atoms with Gasteiger partial charge in [-0.2, -0.15) is 0 Å². The fraction of sp³-hybridized carbons (Fsp3) is 0.375. The van der Waals surface area contributed by atoms with Crippen LogP contribution in [0.5, 0.6) is 0 Å². The van der Waals surface area contributed by atoms with E-state index in [1.54, 1.807) is 0 Å². The summed E-state index contributed by atoms with van der Waals surface area (Å²) < 4.78 is 0. The molecule has 2 aromatic rings. The van der Waals surface area contributed by atoms with Crippen molar-refractivity contribution in [3.8, 4) is 0 Å². The third-order valence-electron chi connectivity index (χ3n) is 2.91. The minimum atomic E-state index is 0.298. The van der Waals surface area contributed by atoms with Gasteiger partial charge in [0.2, 0.25) is 0 Å². The van der Waals surface area contributed by atoms with Gasteiger partial charge >= 0.3 is 0 Å². The molecule has 4 nitrogen and oxygen atoms in total. The number of anilines is 3. The average molecular weight is 270 g/mol. The molecule has 0 bridgehead atoms. The zero-order chi connectivity index (χ0) is 14.5. The number of hydrogen-bond acceptors (Lipinski definition) is 4. The van der Waals surface area contributed by atoms with Gasteiger partial charge in [-0.15, -0.1) is 0 Å². The van der Waals surface area contributed by atoms with Crippen molar-refractivity contribution in [1.82, 2.24) is 9.97 Å². The Morgan fingerprint density at radius 2 is 1.85 bits per heavy atom. The van der Waals surface area contributed by atoms with Gasteiger partial charge in [0, 0.05) is 24.2 Å². The molecule has 1 aromatic heterocycles. The SMILES string of the molecule is CCNc1cc(Nc2cccc(C)c2)nc(C(C)C)n1. The summed E-state index contributed by atoms with van der Waals surface area (Å²) in [5.74, 6) is 2.83. The topological polar surface area (TPSA) is 49.8 Å². The fourth-order valence-corrected chi connectivity index (χ4v) is 1.93. The summed E-state index contributed by atoms with van der Waals surface area (Å²) >= 11 is 0. The number of hydrogen-bond donors (Lipinski definition) is 2. The molecular weight excluding hydrogens is 248 g/mol. The Labute approximate surface area is 120 Å². The molecule has 0 radical (unpaired) electrons. The van der Waals surface area contributed by atoms with E-state index in [2.05, 4.69) is 60.4 Å². The van der Waals surface area contributed by atoms with Crippen LogP contribution in [0.2, 0.25) is 0 Å². The number of aromatic nitrogens is 2. The maximum absolute atomic E-state index is 4.58. The fourth-order valence-electron chi connectivity index (χ4n) is 1.93. The summed E-state index contributed by atoms with van der Waals surface area (Å²) in [5.41, 5.74) is 2.26. The molecule has 0 spiro atoms. The highest BCUT2D eigenvalue weighted by molar-refractivity contribution is 5.59. The van der Waals surface area contributed by atoms with Crippen LogP contribution in [-0.4, -0.2) is 16.5 Å². The molecule has 0 aliphatic rings. The molecule has 4 heteroatoms. The Hall–Kier alpha value is -2.10. The van der Waals surface area contributed by atoms with E-state index in [0.717, 1.165) is 29.7 Å². The van der Waals surface area contributed by atoms with Crippen LogP contribution >= 0.6 is 0 Å². The lowest BCUT2D eigenvalue weighted by molar-refractivity contribution is 0.777. The van der Waals surface area contributed by atoms with Crippen LogP contribution in [0.3, 0.4) is 0 Å². The first kappa shape index (κ1) is 14.3. The monoisotopic (exact) mass is 270 g/mol. The molecule has 2 rings (SSSR count). The Morgan fingerprint density at radius 1 is 1.10 bits per heavy atom. The van der Waals surface area contributed by atoms with Crippen molar-refractivity contribution in [3.63, 3.8) is 0 Å². The third kappa shape index (κ3) is 3.70. The standard InChI is InChI=1S/C16H22N4/c1-5-17-14-10-15(20-16(19-14)11(2)3)18-13-8-6-7-12(4)9-13/h6-11H,5H2,1-4H3,(H2,17,18,19,20). The van der Waals surface area contributed by atoms with Crippen LogP contribution in [0.4, 0.5) is 17.3 Å². The molecular formula is C16H22N4. The lowest BCUT2D eigenvalue weighted by Gasteiger charge is -2.12. The van der Waals surface area contributed by atoms with E-state index < -0.39 is 0 Å². The van der Waals surface area contributed by atoms with Gasteiger partial charge in [-0.05, 0) is 31.5 Å². The number of benzene rings is 1. The molecule has 106 valence electrons. The van der Waals surface area contributed by atoms with E-state index in [4.69, 9.17) is 0 Å². The summed E-state index contributed by atoms with van der Waals surface area (Å²) in [7, 11) is 0. The largest absolute Gasteiger partial charge is 0.370 e. The second-order valence-electron chi connectivity index (χ2n) is 5.18. The van der Waals surface area contributed by atoms with E-state index in [1.807, 2.05) is 18.2 Å². The minimum absolute atomic E-state index is 0.298. The van der Waals surface area contributed by atoms with E-state index in [1.165, 1.54) is 5.56 Å². The van der Waals surface area contributed by atoms with Crippen molar-refractivity contribution < 1.29 is 0 Å². The van der Waals surface area contributed by atoms with Crippen molar-refractivity contribution in [3.05, 3.63) is 41.7 Å². The van der Waals surface area contributed by atoms with Gasteiger partial charge < -0.3 is 10.6 Å². The Balaban J connectivity index is 2.30. The molecule has 1 aromatic carbocycles. The van der Waals surface area contributed by atoms with Gasteiger partial charge in [0.1, 0.15) is 17.5 Å². The molecule has 1 heterocycles. The summed E-state index contributed by atoms with van der Waals surface area (Å²) in [5, 5.41) is 6.60. The number of aryl methyl sites for hydroxylation is 1. The Morgan fingerprint density at radius 3 is 2.50 bits per heavy atom.